The predicted molar refractivity (Wildman–Crippen MR) is 41.0 cm³/mol. The minimum Gasteiger partial charge on any atom is -0.204 e. The molecule has 0 aromatic heterocycles. The van der Waals surface area contributed by atoms with Crippen LogP contribution in [0, 0.1) is 23.0 Å². The number of benzene rings is 1. The zero-order chi connectivity index (χ0) is 8.97. The van der Waals surface area contributed by atoms with E-state index in [4.69, 9.17) is 5.26 Å². The molecule has 0 aliphatic rings. The topological polar surface area (TPSA) is 23.8 Å². The van der Waals surface area contributed by atoms with Gasteiger partial charge in [-0.25, -0.2) is 8.78 Å². The van der Waals surface area contributed by atoms with E-state index in [1.165, 1.54) is 18.2 Å². The minimum atomic E-state index is -0.927. The molecule has 0 saturated carbocycles. The SMILES string of the molecule is N#CC=Cc1cccc(F)c1F. The van der Waals surface area contributed by atoms with Gasteiger partial charge < -0.3 is 0 Å². The first-order valence-electron chi connectivity index (χ1n) is 3.26. The van der Waals surface area contributed by atoms with E-state index in [2.05, 4.69) is 0 Å². The number of hydrogen-bond donors (Lipinski definition) is 0. The summed E-state index contributed by atoms with van der Waals surface area (Å²) in [5.74, 6) is -1.83. The summed E-state index contributed by atoms with van der Waals surface area (Å²) in [6.45, 7) is 0. The van der Waals surface area contributed by atoms with Gasteiger partial charge in [0.1, 0.15) is 0 Å². The minimum absolute atomic E-state index is 0.0801. The van der Waals surface area contributed by atoms with Crippen molar-refractivity contribution in [2.75, 3.05) is 0 Å². The molecule has 12 heavy (non-hydrogen) atoms. The third-order valence-electron chi connectivity index (χ3n) is 1.32. The van der Waals surface area contributed by atoms with E-state index in [0.717, 1.165) is 12.1 Å². The second-order valence-corrected chi connectivity index (χ2v) is 2.11. The Morgan fingerprint density at radius 1 is 1.33 bits per heavy atom. The molecule has 0 N–H and O–H groups in total. The van der Waals surface area contributed by atoms with Crippen LogP contribution in [-0.2, 0) is 0 Å². The van der Waals surface area contributed by atoms with Gasteiger partial charge in [-0.1, -0.05) is 12.1 Å². The molecule has 3 heteroatoms. The molecule has 0 unspecified atom stereocenters. The zero-order valence-electron chi connectivity index (χ0n) is 6.09. The van der Waals surface area contributed by atoms with E-state index < -0.39 is 11.6 Å². The molecule has 0 radical (unpaired) electrons. The van der Waals surface area contributed by atoms with Crippen LogP contribution in [0.5, 0.6) is 0 Å². The van der Waals surface area contributed by atoms with Gasteiger partial charge in [0.05, 0.1) is 6.07 Å². The first-order chi connectivity index (χ1) is 5.75. The normalized spacial score (nSPS) is 10.1. The fourth-order valence-electron chi connectivity index (χ4n) is 0.776. The Hall–Kier alpha value is -1.69. The highest BCUT2D eigenvalue weighted by atomic mass is 19.2. The standard InChI is InChI=1S/C9H5F2N/c10-8-5-1-3-7(9(8)11)4-2-6-12/h1-5H. The Morgan fingerprint density at radius 2 is 2.08 bits per heavy atom. The predicted octanol–water partition coefficient (Wildman–Crippen LogP) is 2.50. The van der Waals surface area contributed by atoms with Gasteiger partial charge in [-0.3, -0.25) is 0 Å². The second-order valence-electron chi connectivity index (χ2n) is 2.11. The lowest BCUT2D eigenvalue weighted by atomic mass is 10.2. The molecule has 0 aliphatic heterocycles. The maximum absolute atomic E-state index is 12.8. The number of rotatable bonds is 1. The zero-order valence-corrected chi connectivity index (χ0v) is 6.09. The van der Waals surface area contributed by atoms with Crippen molar-refractivity contribution >= 4 is 6.08 Å². The lowest BCUT2D eigenvalue weighted by Gasteiger charge is -1.95. The van der Waals surface area contributed by atoms with Crippen molar-refractivity contribution in [2.24, 2.45) is 0 Å². The van der Waals surface area contributed by atoms with Gasteiger partial charge in [-0.2, -0.15) is 5.26 Å². The van der Waals surface area contributed by atoms with Crippen molar-refractivity contribution in [3.63, 3.8) is 0 Å². The Kier molecular flexibility index (Phi) is 2.54. The summed E-state index contributed by atoms with van der Waals surface area (Å²) < 4.78 is 25.3. The maximum atomic E-state index is 12.8. The Morgan fingerprint density at radius 3 is 2.75 bits per heavy atom. The molecular formula is C9H5F2N. The molecule has 0 bridgehead atoms. The van der Waals surface area contributed by atoms with Gasteiger partial charge in [0, 0.05) is 11.6 Å². The van der Waals surface area contributed by atoms with Crippen LogP contribution in [-0.4, -0.2) is 0 Å². The van der Waals surface area contributed by atoms with Crippen molar-refractivity contribution in [2.45, 2.75) is 0 Å². The van der Waals surface area contributed by atoms with Crippen LogP contribution in [0.3, 0.4) is 0 Å². The molecule has 0 saturated heterocycles. The quantitative estimate of drug-likeness (QED) is 0.586. The second kappa shape index (κ2) is 3.63. The summed E-state index contributed by atoms with van der Waals surface area (Å²) in [4.78, 5) is 0. The van der Waals surface area contributed by atoms with Gasteiger partial charge in [0.15, 0.2) is 11.6 Å². The summed E-state index contributed by atoms with van der Waals surface area (Å²) in [5, 5.41) is 8.13. The van der Waals surface area contributed by atoms with Crippen molar-refractivity contribution in [3.05, 3.63) is 41.5 Å². The molecule has 60 valence electrons. The van der Waals surface area contributed by atoms with Gasteiger partial charge in [0.25, 0.3) is 0 Å². The van der Waals surface area contributed by atoms with Crippen LogP contribution in [0.15, 0.2) is 24.3 Å². The molecule has 0 fully saturated rings. The average molecular weight is 165 g/mol. The molecule has 0 spiro atoms. The van der Waals surface area contributed by atoms with Crippen LogP contribution in [0.4, 0.5) is 8.78 Å². The van der Waals surface area contributed by atoms with Gasteiger partial charge in [-0.15, -0.1) is 0 Å². The summed E-state index contributed by atoms with van der Waals surface area (Å²) in [5.41, 5.74) is 0.0801. The third kappa shape index (κ3) is 1.67. The monoisotopic (exact) mass is 165 g/mol. The highest BCUT2D eigenvalue weighted by Gasteiger charge is 2.03. The van der Waals surface area contributed by atoms with E-state index >= 15 is 0 Å². The Labute approximate surface area is 68.6 Å². The summed E-state index contributed by atoms with van der Waals surface area (Å²) >= 11 is 0. The lowest BCUT2D eigenvalue weighted by Crippen LogP contribution is -1.86. The Balaban J connectivity index is 3.10. The average Bonchev–Trinajstić information content (AvgIpc) is 2.08. The number of hydrogen-bond acceptors (Lipinski definition) is 1. The van der Waals surface area contributed by atoms with Crippen LogP contribution in [0.25, 0.3) is 6.08 Å². The summed E-state index contributed by atoms with van der Waals surface area (Å²) in [7, 11) is 0. The van der Waals surface area contributed by atoms with Crippen LogP contribution >= 0.6 is 0 Å². The third-order valence-corrected chi connectivity index (χ3v) is 1.32. The van der Waals surface area contributed by atoms with E-state index in [-0.39, 0.29) is 5.56 Å². The molecular weight excluding hydrogens is 160 g/mol. The largest absolute Gasteiger partial charge is 0.204 e. The Bertz CT molecular complexity index is 350. The lowest BCUT2D eigenvalue weighted by molar-refractivity contribution is 0.507. The molecule has 0 amide bonds. The molecule has 0 aliphatic carbocycles. The van der Waals surface area contributed by atoms with E-state index in [1.807, 2.05) is 0 Å². The highest BCUT2D eigenvalue weighted by molar-refractivity contribution is 5.52. The fourth-order valence-corrected chi connectivity index (χ4v) is 0.776. The highest BCUT2D eigenvalue weighted by Crippen LogP contribution is 2.12. The molecule has 1 rings (SSSR count). The first kappa shape index (κ1) is 8.41. The number of allylic oxidation sites excluding steroid dienone is 1. The maximum Gasteiger partial charge on any atom is 0.166 e. The number of nitrogens with zero attached hydrogens (tertiary/aromatic N) is 1. The molecule has 0 atom stereocenters. The van der Waals surface area contributed by atoms with Crippen LogP contribution in [0.2, 0.25) is 0 Å². The van der Waals surface area contributed by atoms with Gasteiger partial charge in [-0.05, 0) is 12.1 Å². The van der Waals surface area contributed by atoms with Crippen LogP contribution < -0.4 is 0 Å². The van der Waals surface area contributed by atoms with Crippen molar-refractivity contribution in [3.8, 4) is 6.07 Å². The van der Waals surface area contributed by atoms with E-state index in [9.17, 15) is 8.78 Å². The molecule has 1 nitrogen and oxygen atoms in total. The fraction of sp³-hybridized carbons (Fsp3) is 0. The summed E-state index contributed by atoms with van der Waals surface area (Å²) in [6.07, 6.45) is 2.32. The smallest absolute Gasteiger partial charge is 0.166 e. The van der Waals surface area contributed by atoms with Crippen LogP contribution in [0.1, 0.15) is 5.56 Å². The molecule has 1 aromatic rings. The van der Waals surface area contributed by atoms with E-state index in [1.54, 1.807) is 6.07 Å². The van der Waals surface area contributed by atoms with Crippen molar-refractivity contribution in [1.82, 2.24) is 0 Å². The summed E-state index contributed by atoms with van der Waals surface area (Å²) in [6, 6.07) is 5.50. The molecule has 1 aromatic carbocycles. The van der Waals surface area contributed by atoms with E-state index in [0.29, 0.717) is 0 Å². The first-order valence-corrected chi connectivity index (χ1v) is 3.26. The number of nitriles is 1. The van der Waals surface area contributed by atoms with Gasteiger partial charge in [0.2, 0.25) is 0 Å². The number of halogens is 2. The molecule has 0 heterocycles. The van der Waals surface area contributed by atoms with Crippen molar-refractivity contribution in [1.29, 1.82) is 5.26 Å². The van der Waals surface area contributed by atoms with Crippen molar-refractivity contribution < 1.29 is 8.78 Å². The van der Waals surface area contributed by atoms with Gasteiger partial charge >= 0.3 is 0 Å².